The number of hydrogen-bond acceptors (Lipinski definition) is 1. The minimum Gasteiger partial charge on any atom is -0.198 e. The first-order valence-corrected chi connectivity index (χ1v) is 5.53. The van der Waals surface area contributed by atoms with Gasteiger partial charge >= 0.3 is 0 Å². The maximum Gasteiger partial charge on any atom is 0.0665 e. The van der Waals surface area contributed by atoms with E-state index in [1.165, 1.54) is 11.1 Å². The topological polar surface area (TPSA) is 23.8 Å². The molecule has 0 amide bonds. The summed E-state index contributed by atoms with van der Waals surface area (Å²) in [5.41, 5.74) is 2.57. The fourth-order valence-corrected chi connectivity index (χ4v) is 2.72. The number of allylic oxidation sites excluding steroid dienone is 2. The second kappa shape index (κ2) is 3.12. The van der Waals surface area contributed by atoms with Crippen LogP contribution in [0.5, 0.6) is 0 Å². The zero-order valence-electron chi connectivity index (χ0n) is 8.15. The molecule has 1 aromatic carbocycles. The molecule has 0 aromatic heterocycles. The van der Waals surface area contributed by atoms with E-state index in [1.54, 1.807) is 0 Å². The van der Waals surface area contributed by atoms with Gasteiger partial charge in [0.1, 0.15) is 0 Å². The molecule has 1 fully saturated rings. The summed E-state index contributed by atoms with van der Waals surface area (Å²) in [6, 6.07) is 10.3. The highest BCUT2D eigenvalue weighted by atomic mass is 35.5. The van der Waals surface area contributed by atoms with Gasteiger partial charge in [-0.3, -0.25) is 0 Å². The van der Waals surface area contributed by atoms with Gasteiger partial charge in [-0.15, -0.1) is 0 Å². The minimum atomic E-state index is 0.285. The van der Waals surface area contributed by atoms with Crippen LogP contribution in [-0.2, 0) is 0 Å². The molecule has 2 aliphatic carbocycles. The quantitative estimate of drug-likeness (QED) is 0.703. The summed E-state index contributed by atoms with van der Waals surface area (Å²) in [4.78, 5) is 0. The summed E-state index contributed by atoms with van der Waals surface area (Å²) in [5.74, 6) is 1.39. The fourth-order valence-electron chi connectivity index (χ4n) is 2.53. The fraction of sp³-hybridized carbons (Fsp3) is 0.308. The van der Waals surface area contributed by atoms with Crippen LogP contribution in [-0.4, -0.2) is 0 Å². The lowest BCUT2D eigenvalue weighted by Crippen LogP contribution is -1.87. The van der Waals surface area contributed by atoms with E-state index in [0.29, 0.717) is 11.8 Å². The molecule has 0 spiro atoms. The molecule has 74 valence electrons. The van der Waals surface area contributed by atoms with Crippen LogP contribution in [0.15, 0.2) is 30.3 Å². The summed E-state index contributed by atoms with van der Waals surface area (Å²) in [6.07, 6.45) is 3.30. The van der Waals surface area contributed by atoms with Crippen molar-refractivity contribution >= 4 is 17.2 Å². The Morgan fingerprint density at radius 1 is 1.40 bits per heavy atom. The third-order valence-corrected chi connectivity index (χ3v) is 3.66. The smallest absolute Gasteiger partial charge is 0.0665 e. The molecule has 1 aromatic rings. The van der Waals surface area contributed by atoms with E-state index in [4.69, 9.17) is 16.9 Å². The Morgan fingerprint density at radius 2 is 2.27 bits per heavy atom. The largest absolute Gasteiger partial charge is 0.198 e. The van der Waals surface area contributed by atoms with Crippen molar-refractivity contribution in [3.63, 3.8) is 0 Å². The number of fused-ring (bicyclic) bond motifs is 1. The van der Waals surface area contributed by atoms with Crippen LogP contribution in [0.3, 0.4) is 0 Å². The Kier molecular flexibility index (Phi) is 1.87. The number of halogens is 1. The zero-order chi connectivity index (χ0) is 10.4. The molecule has 0 unspecified atom stereocenters. The Bertz CT molecular complexity index is 484. The normalized spacial score (nSPS) is 31.7. The average molecular weight is 216 g/mol. The Balaban J connectivity index is 1.87. The molecule has 1 nitrogen and oxygen atoms in total. The first-order chi connectivity index (χ1) is 7.29. The van der Waals surface area contributed by atoms with Gasteiger partial charge in [0.2, 0.25) is 0 Å². The maximum absolute atomic E-state index is 8.81. The Hall–Kier alpha value is -1.26. The third kappa shape index (κ3) is 1.37. The van der Waals surface area contributed by atoms with Crippen LogP contribution in [0.4, 0.5) is 0 Å². The van der Waals surface area contributed by atoms with Crippen LogP contribution in [0.2, 0.25) is 5.02 Å². The molecule has 15 heavy (non-hydrogen) atoms. The van der Waals surface area contributed by atoms with E-state index in [0.717, 1.165) is 11.4 Å². The second-order valence-corrected chi connectivity index (χ2v) is 4.74. The van der Waals surface area contributed by atoms with Crippen molar-refractivity contribution in [3.8, 4) is 6.07 Å². The van der Waals surface area contributed by atoms with Crippen LogP contribution < -0.4 is 0 Å². The van der Waals surface area contributed by atoms with Crippen LogP contribution in [0.25, 0.3) is 5.57 Å². The van der Waals surface area contributed by atoms with Gasteiger partial charge in [0.05, 0.1) is 12.0 Å². The molecule has 3 rings (SSSR count). The molecule has 0 aliphatic heterocycles. The first-order valence-electron chi connectivity index (χ1n) is 5.16. The highest BCUT2D eigenvalue weighted by Crippen LogP contribution is 2.57. The molecule has 0 saturated heterocycles. The predicted molar refractivity (Wildman–Crippen MR) is 60.1 cm³/mol. The molecule has 2 heteroatoms. The van der Waals surface area contributed by atoms with E-state index < -0.39 is 0 Å². The molecule has 1 saturated carbocycles. The van der Waals surface area contributed by atoms with E-state index in [-0.39, 0.29) is 5.92 Å². The van der Waals surface area contributed by atoms with Crippen molar-refractivity contribution in [1.82, 2.24) is 0 Å². The molecule has 0 heterocycles. The van der Waals surface area contributed by atoms with Crippen molar-refractivity contribution in [2.45, 2.75) is 6.42 Å². The number of nitrogens with zero attached hydrogens (tertiary/aromatic N) is 1. The standard InChI is InChI=1S/C13H10ClN/c14-10-3-1-2-8(4-10)9-5-11-12(6-9)13(11)7-15/h1-5,11-13H,6H2/t11-,12+,13+/m0/s1. The van der Waals surface area contributed by atoms with Gasteiger partial charge in [0.15, 0.2) is 0 Å². The van der Waals surface area contributed by atoms with E-state index in [2.05, 4.69) is 18.2 Å². The lowest BCUT2D eigenvalue weighted by molar-refractivity contribution is 0.829. The van der Waals surface area contributed by atoms with Crippen LogP contribution in [0, 0.1) is 29.1 Å². The zero-order valence-corrected chi connectivity index (χ0v) is 8.91. The highest BCUT2D eigenvalue weighted by molar-refractivity contribution is 6.30. The number of benzene rings is 1. The molecular weight excluding hydrogens is 206 g/mol. The summed E-state index contributed by atoms with van der Waals surface area (Å²) in [5, 5.41) is 9.60. The van der Waals surface area contributed by atoms with Gasteiger partial charge in [-0.1, -0.05) is 29.8 Å². The van der Waals surface area contributed by atoms with Crippen molar-refractivity contribution < 1.29 is 0 Å². The van der Waals surface area contributed by atoms with Gasteiger partial charge in [-0.25, -0.2) is 0 Å². The molecule has 0 N–H and O–H groups in total. The lowest BCUT2D eigenvalue weighted by Gasteiger charge is -2.04. The number of rotatable bonds is 1. The van der Waals surface area contributed by atoms with Gasteiger partial charge in [-0.2, -0.15) is 5.26 Å². The Labute approximate surface area is 94.0 Å². The molecular formula is C13H10ClN. The SMILES string of the molecule is N#C[C@@H]1[C@H]2C=C(c3cccc(Cl)c3)C[C@@H]12. The minimum absolute atomic E-state index is 0.285. The maximum atomic E-state index is 8.81. The van der Waals surface area contributed by atoms with E-state index >= 15 is 0 Å². The van der Waals surface area contributed by atoms with Gasteiger partial charge in [-0.05, 0) is 41.5 Å². The highest BCUT2D eigenvalue weighted by Gasteiger charge is 2.52. The summed E-state index contributed by atoms with van der Waals surface area (Å²) >= 11 is 5.95. The summed E-state index contributed by atoms with van der Waals surface area (Å²) in [7, 11) is 0. The van der Waals surface area contributed by atoms with Crippen molar-refractivity contribution in [1.29, 1.82) is 5.26 Å². The molecule has 3 atom stereocenters. The molecule has 0 bridgehead atoms. The van der Waals surface area contributed by atoms with Crippen molar-refractivity contribution in [2.24, 2.45) is 17.8 Å². The monoisotopic (exact) mass is 215 g/mol. The number of hydrogen-bond donors (Lipinski definition) is 0. The van der Waals surface area contributed by atoms with Gasteiger partial charge in [0, 0.05) is 5.02 Å². The average Bonchev–Trinajstić information content (AvgIpc) is 2.70. The van der Waals surface area contributed by atoms with Gasteiger partial charge in [0.25, 0.3) is 0 Å². The lowest BCUT2D eigenvalue weighted by atomic mass is 10.0. The van der Waals surface area contributed by atoms with Crippen LogP contribution in [0.1, 0.15) is 12.0 Å². The summed E-state index contributed by atoms with van der Waals surface area (Å²) in [6.45, 7) is 0. The third-order valence-electron chi connectivity index (χ3n) is 3.42. The molecule has 2 aliphatic rings. The van der Waals surface area contributed by atoms with E-state index in [9.17, 15) is 0 Å². The Morgan fingerprint density at radius 3 is 2.87 bits per heavy atom. The van der Waals surface area contributed by atoms with Crippen molar-refractivity contribution in [2.75, 3.05) is 0 Å². The number of nitriles is 1. The van der Waals surface area contributed by atoms with Crippen LogP contribution >= 0.6 is 11.6 Å². The van der Waals surface area contributed by atoms with Crippen molar-refractivity contribution in [3.05, 3.63) is 40.9 Å². The molecule has 0 radical (unpaired) electrons. The van der Waals surface area contributed by atoms with Gasteiger partial charge < -0.3 is 0 Å². The predicted octanol–water partition coefficient (Wildman–Crippen LogP) is 3.51. The van der Waals surface area contributed by atoms with E-state index in [1.807, 2.05) is 18.2 Å². The summed E-state index contributed by atoms with van der Waals surface area (Å²) < 4.78 is 0. The first kappa shape index (κ1) is 9.00. The second-order valence-electron chi connectivity index (χ2n) is 4.30.